The summed E-state index contributed by atoms with van der Waals surface area (Å²) < 4.78 is 30.3. The summed E-state index contributed by atoms with van der Waals surface area (Å²) in [6.45, 7) is 4.93. The maximum atomic E-state index is 11.4. The molecular weight excluding hydrogens is 302 g/mol. The third-order valence-electron chi connectivity index (χ3n) is 4.29. The summed E-state index contributed by atoms with van der Waals surface area (Å²) >= 11 is 0. The van der Waals surface area contributed by atoms with Gasteiger partial charge in [0.25, 0.3) is 0 Å². The Bertz CT molecular complexity index is 621. The number of piperazine rings is 1. The smallest absolute Gasteiger partial charge is 0.211 e. The molecule has 3 rings (SSSR count). The van der Waals surface area contributed by atoms with Crippen molar-refractivity contribution in [3.8, 4) is 5.75 Å². The molecule has 122 valence electrons. The number of para-hydroxylation sites is 2. The molecule has 6 nitrogen and oxygen atoms in total. The predicted octanol–water partition coefficient (Wildman–Crippen LogP) is 0.461. The van der Waals surface area contributed by atoms with Gasteiger partial charge in [0.2, 0.25) is 10.0 Å². The van der Waals surface area contributed by atoms with Crippen LogP contribution in [0.5, 0.6) is 5.75 Å². The highest BCUT2D eigenvalue weighted by Crippen LogP contribution is 2.31. The second-order valence-corrected chi connectivity index (χ2v) is 8.06. The molecule has 0 aliphatic carbocycles. The Labute approximate surface area is 132 Å². The van der Waals surface area contributed by atoms with Crippen LogP contribution in [0, 0.1) is 0 Å². The van der Waals surface area contributed by atoms with Crippen LogP contribution in [0.3, 0.4) is 0 Å². The highest BCUT2D eigenvalue weighted by atomic mass is 32.2. The number of hydrogen-bond acceptors (Lipinski definition) is 5. The molecule has 0 saturated carbocycles. The van der Waals surface area contributed by atoms with E-state index < -0.39 is 10.0 Å². The van der Waals surface area contributed by atoms with Gasteiger partial charge in [-0.15, -0.1) is 0 Å². The number of sulfonamides is 1. The zero-order valence-corrected chi connectivity index (χ0v) is 13.9. The van der Waals surface area contributed by atoms with E-state index in [1.807, 2.05) is 18.2 Å². The summed E-state index contributed by atoms with van der Waals surface area (Å²) in [6.07, 6.45) is 1.19. The van der Waals surface area contributed by atoms with Crippen LogP contribution in [0.2, 0.25) is 0 Å². The van der Waals surface area contributed by atoms with Gasteiger partial charge >= 0.3 is 0 Å². The first-order valence-corrected chi connectivity index (χ1v) is 9.42. The molecule has 0 spiro atoms. The number of anilines is 1. The molecule has 0 radical (unpaired) electrons. The summed E-state index contributed by atoms with van der Waals surface area (Å²) in [5, 5.41) is 0. The van der Waals surface area contributed by atoms with Gasteiger partial charge in [0.05, 0.1) is 25.0 Å². The van der Waals surface area contributed by atoms with Crippen molar-refractivity contribution in [2.75, 3.05) is 57.5 Å². The quantitative estimate of drug-likeness (QED) is 0.805. The van der Waals surface area contributed by atoms with Crippen LogP contribution in [-0.4, -0.2) is 76.3 Å². The summed E-state index contributed by atoms with van der Waals surface area (Å²) in [6, 6.07) is 8.02. The standard InChI is InChI=1S/C15H23N3O3S/c1-16-7-9-17(10-8-16)14-5-3-4-6-15(14)21-13-11-18(12-13)22(2,19)20/h3-6,13H,7-12H2,1-2H3. The molecular formula is C15H23N3O3S. The molecule has 0 atom stereocenters. The molecule has 2 aliphatic rings. The average Bonchev–Trinajstić information content (AvgIpc) is 2.42. The number of rotatable bonds is 4. The van der Waals surface area contributed by atoms with E-state index in [1.54, 1.807) is 0 Å². The van der Waals surface area contributed by atoms with Crippen LogP contribution in [0.1, 0.15) is 0 Å². The fourth-order valence-electron chi connectivity index (χ4n) is 2.79. The fourth-order valence-corrected chi connectivity index (χ4v) is 3.67. The van der Waals surface area contributed by atoms with Crippen LogP contribution in [0.25, 0.3) is 0 Å². The van der Waals surface area contributed by atoms with Gasteiger partial charge in [-0.1, -0.05) is 12.1 Å². The van der Waals surface area contributed by atoms with Crippen molar-refractivity contribution >= 4 is 15.7 Å². The highest BCUT2D eigenvalue weighted by molar-refractivity contribution is 7.88. The molecule has 1 aromatic rings. The van der Waals surface area contributed by atoms with Gasteiger partial charge < -0.3 is 14.5 Å². The van der Waals surface area contributed by atoms with Crippen LogP contribution < -0.4 is 9.64 Å². The molecule has 2 aliphatic heterocycles. The van der Waals surface area contributed by atoms with Crippen LogP contribution in [0.4, 0.5) is 5.69 Å². The van der Waals surface area contributed by atoms with E-state index in [-0.39, 0.29) is 6.10 Å². The molecule has 0 aromatic heterocycles. The van der Waals surface area contributed by atoms with Gasteiger partial charge in [-0.05, 0) is 19.2 Å². The molecule has 22 heavy (non-hydrogen) atoms. The van der Waals surface area contributed by atoms with E-state index in [9.17, 15) is 8.42 Å². The lowest BCUT2D eigenvalue weighted by atomic mass is 10.2. The highest BCUT2D eigenvalue weighted by Gasteiger charge is 2.35. The summed E-state index contributed by atoms with van der Waals surface area (Å²) in [7, 11) is -0.958. The van der Waals surface area contributed by atoms with Crippen LogP contribution in [0.15, 0.2) is 24.3 Å². The van der Waals surface area contributed by atoms with Crippen molar-refractivity contribution in [1.29, 1.82) is 0 Å². The Morgan fingerprint density at radius 1 is 1.09 bits per heavy atom. The lowest BCUT2D eigenvalue weighted by Crippen LogP contribution is -2.55. The minimum atomic E-state index is -3.09. The first-order chi connectivity index (χ1) is 10.4. The lowest BCUT2D eigenvalue weighted by molar-refractivity contribution is 0.0770. The van der Waals surface area contributed by atoms with Gasteiger partial charge in [0.1, 0.15) is 11.9 Å². The Hall–Kier alpha value is -1.31. The van der Waals surface area contributed by atoms with E-state index >= 15 is 0 Å². The van der Waals surface area contributed by atoms with E-state index in [1.165, 1.54) is 10.6 Å². The van der Waals surface area contributed by atoms with Gasteiger partial charge in [0, 0.05) is 26.2 Å². The van der Waals surface area contributed by atoms with Crippen molar-refractivity contribution < 1.29 is 13.2 Å². The van der Waals surface area contributed by atoms with Crippen LogP contribution in [-0.2, 0) is 10.0 Å². The zero-order chi connectivity index (χ0) is 15.7. The first-order valence-electron chi connectivity index (χ1n) is 7.58. The first kappa shape index (κ1) is 15.6. The number of ether oxygens (including phenoxy) is 1. The molecule has 0 bridgehead atoms. The predicted molar refractivity (Wildman–Crippen MR) is 87.0 cm³/mol. The van der Waals surface area contributed by atoms with Crippen molar-refractivity contribution in [3.63, 3.8) is 0 Å². The SMILES string of the molecule is CN1CCN(c2ccccc2OC2CN(S(C)(=O)=O)C2)CC1. The number of benzene rings is 1. The van der Waals surface area contributed by atoms with Gasteiger partial charge in [-0.3, -0.25) is 0 Å². The minimum Gasteiger partial charge on any atom is -0.485 e. The molecule has 0 unspecified atom stereocenters. The lowest BCUT2D eigenvalue weighted by Gasteiger charge is -2.39. The van der Waals surface area contributed by atoms with Gasteiger partial charge in [0.15, 0.2) is 0 Å². The largest absolute Gasteiger partial charge is 0.485 e. The Balaban J connectivity index is 1.65. The zero-order valence-electron chi connectivity index (χ0n) is 13.1. The molecule has 2 fully saturated rings. The molecule has 0 amide bonds. The Kier molecular flexibility index (Phi) is 4.29. The Morgan fingerprint density at radius 3 is 2.36 bits per heavy atom. The summed E-state index contributed by atoms with van der Waals surface area (Å²) in [5.41, 5.74) is 1.11. The third kappa shape index (κ3) is 3.37. The fraction of sp³-hybridized carbons (Fsp3) is 0.600. The van der Waals surface area contributed by atoms with Crippen molar-refractivity contribution in [3.05, 3.63) is 24.3 Å². The molecule has 2 saturated heterocycles. The summed E-state index contributed by atoms with van der Waals surface area (Å²) in [4.78, 5) is 4.65. The van der Waals surface area contributed by atoms with Gasteiger partial charge in [-0.2, -0.15) is 4.31 Å². The van der Waals surface area contributed by atoms with E-state index in [2.05, 4.69) is 22.9 Å². The third-order valence-corrected chi connectivity index (χ3v) is 5.52. The number of likely N-dealkylation sites (N-methyl/N-ethyl adjacent to an activating group) is 1. The average molecular weight is 325 g/mol. The normalized spacial score (nSPS) is 21.6. The van der Waals surface area contributed by atoms with Crippen LogP contribution >= 0.6 is 0 Å². The summed E-state index contributed by atoms with van der Waals surface area (Å²) in [5.74, 6) is 0.852. The molecule has 0 N–H and O–H groups in total. The minimum absolute atomic E-state index is 0.0525. The van der Waals surface area contributed by atoms with Gasteiger partial charge in [-0.25, -0.2) is 8.42 Å². The second kappa shape index (κ2) is 6.06. The number of hydrogen-bond donors (Lipinski definition) is 0. The maximum absolute atomic E-state index is 11.4. The van der Waals surface area contributed by atoms with E-state index in [4.69, 9.17) is 4.74 Å². The molecule has 2 heterocycles. The van der Waals surface area contributed by atoms with E-state index in [0.717, 1.165) is 37.6 Å². The topological polar surface area (TPSA) is 53.1 Å². The van der Waals surface area contributed by atoms with Crippen molar-refractivity contribution in [2.24, 2.45) is 0 Å². The van der Waals surface area contributed by atoms with Crippen molar-refractivity contribution in [1.82, 2.24) is 9.21 Å². The molecule has 7 heteroatoms. The monoisotopic (exact) mass is 325 g/mol. The molecule has 1 aromatic carbocycles. The second-order valence-electron chi connectivity index (χ2n) is 6.08. The maximum Gasteiger partial charge on any atom is 0.211 e. The Morgan fingerprint density at radius 2 is 1.73 bits per heavy atom. The number of nitrogens with zero attached hydrogens (tertiary/aromatic N) is 3. The van der Waals surface area contributed by atoms with E-state index in [0.29, 0.717) is 13.1 Å². The van der Waals surface area contributed by atoms with Crippen molar-refractivity contribution in [2.45, 2.75) is 6.10 Å².